The number of fused-ring (bicyclic) bond motifs is 7. The predicted molar refractivity (Wildman–Crippen MR) is 262 cm³/mol. The molecule has 0 aliphatic carbocycles. The van der Waals surface area contributed by atoms with Crippen molar-refractivity contribution in [2.75, 3.05) is 16.0 Å². The summed E-state index contributed by atoms with van der Waals surface area (Å²) in [6, 6.07) is 75.8. The van der Waals surface area contributed by atoms with Crippen LogP contribution in [0.2, 0.25) is 0 Å². The average Bonchev–Trinajstić information content (AvgIpc) is 3.66. The second kappa shape index (κ2) is 15.5. The lowest BCUT2D eigenvalue weighted by Gasteiger charge is -2.30. The second-order valence-corrected chi connectivity index (χ2v) is 16.1. The van der Waals surface area contributed by atoms with Crippen molar-refractivity contribution < 1.29 is 0 Å². The Morgan fingerprint density at radius 3 is 1.97 bits per heavy atom. The SMILES string of the molecule is C=C1c2ccccc2/C(c2ccccc2)=C\N(c2ccc(C(Cc3ccccc3)Nc3ccccc3N)cc2)c2cc3c(cc21)c1c2ccccc2ccc1n3-c1ccccc1. The monoisotopic (exact) mass is 796 g/mol. The van der Waals surface area contributed by atoms with Crippen molar-refractivity contribution in [3.8, 4) is 5.69 Å². The van der Waals surface area contributed by atoms with E-state index in [1.807, 2.05) is 18.2 Å². The van der Waals surface area contributed by atoms with Gasteiger partial charge in [0.05, 0.1) is 34.1 Å². The third kappa shape index (κ3) is 6.50. The van der Waals surface area contributed by atoms with E-state index in [4.69, 9.17) is 12.3 Å². The van der Waals surface area contributed by atoms with Crippen LogP contribution in [0.25, 0.3) is 49.4 Å². The van der Waals surface area contributed by atoms with Crippen molar-refractivity contribution in [3.63, 3.8) is 0 Å². The van der Waals surface area contributed by atoms with Gasteiger partial charge in [-0.15, -0.1) is 0 Å². The first kappa shape index (κ1) is 37.0. The molecular weight excluding hydrogens is 753 g/mol. The van der Waals surface area contributed by atoms with Crippen LogP contribution in [0.4, 0.5) is 22.7 Å². The molecule has 4 nitrogen and oxygen atoms in total. The fourth-order valence-electron chi connectivity index (χ4n) is 9.36. The van der Waals surface area contributed by atoms with Crippen LogP contribution in [0.1, 0.15) is 39.4 Å². The van der Waals surface area contributed by atoms with Gasteiger partial charge in [0, 0.05) is 39.5 Å². The molecule has 1 atom stereocenters. The zero-order valence-corrected chi connectivity index (χ0v) is 34.2. The predicted octanol–water partition coefficient (Wildman–Crippen LogP) is 14.5. The molecule has 1 aliphatic heterocycles. The van der Waals surface area contributed by atoms with Gasteiger partial charge in [0.15, 0.2) is 0 Å². The van der Waals surface area contributed by atoms with Crippen LogP contribution in [-0.4, -0.2) is 4.57 Å². The Kier molecular flexibility index (Phi) is 9.24. The second-order valence-electron chi connectivity index (χ2n) is 16.1. The molecule has 0 bridgehead atoms. The van der Waals surface area contributed by atoms with Crippen LogP contribution in [0.5, 0.6) is 0 Å². The first-order chi connectivity index (χ1) is 30.6. The van der Waals surface area contributed by atoms with Gasteiger partial charge in [-0.1, -0.05) is 164 Å². The molecule has 0 amide bonds. The van der Waals surface area contributed by atoms with E-state index in [0.29, 0.717) is 0 Å². The molecule has 11 rings (SSSR count). The largest absolute Gasteiger partial charge is 0.397 e. The first-order valence-electron chi connectivity index (χ1n) is 21.2. The average molecular weight is 797 g/mol. The van der Waals surface area contributed by atoms with Crippen LogP contribution >= 0.6 is 0 Å². The highest BCUT2D eigenvalue weighted by Crippen LogP contribution is 2.47. The van der Waals surface area contributed by atoms with E-state index in [0.717, 1.165) is 73.8 Å². The van der Waals surface area contributed by atoms with Crippen molar-refractivity contribution in [1.82, 2.24) is 4.57 Å². The third-order valence-electron chi connectivity index (χ3n) is 12.4. The highest BCUT2D eigenvalue weighted by molar-refractivity contribution is 6.22. The first-order valence-corrected chi connectivity index (χ1v) is 21.2. The maximum absolute atomic E-state index is 6.50. The lowest BCUT2D eigenvalue weighted by atomic mass is 9.86. The number of rotatable bonds is 8. The van der Waals surface area contributed by atoms with Crippen LogP contribution in [-0.2, 0) is 6.42 Å². The van der Waals surface area contributed by atoms with E-state index < -0.39 is 0 Å². The summed E-state index contributed by atoms with van der Waals surface area (Å²) in [5.74, 6) is 0. The Morgan fingerprint density at radius 2 is 1.19 bits per heavy atom. The van der Waals surface area contributed by atoms with E-state index in [2.05, 4.69) is 215 Å². The van der Waals surface area contributed by atoms with Gasteiger partial charge in [0.1, 0.15) is 0 Å². The maximum Gasteiger partial charge on any atom is 0.0578 e. The Bertz CT molecular complexity index is 3310. The molecule has 10 aromatic rings. The fraction of sp³-hybridized carbons (Fsp3) is 0.0345. The van der Waals surface area contributed by atoms with E-state index >= 15 is 0 Å². The third-order valence-corrected chi connectivity index (χ3v) is 12.4. The number of nitrogens with one attached hydrogen (secondary N) is 1. The number of nitrogens with zero attached hydrogens (tertiary/aromatic N) is 2. The van der Waals surface area contributed by atoms with Crippen molar-refractivity contribution in [2.24, 2.45) is 0 Å². The Labute approximate surface area is 362 Å². The quantitative estimate of drug-likeness (QED) is 0.151. The summed E-state index contributed by atoms with van der Waals surface area (Å²) in [6.07, 6.45) is 3.13. The zero-order valence-electron chi connectivity index (χ0n) is 34.2. The Morgan fingerprint density at radius 1 is 0.532 bits per heavy atom. The molecule has 296 valence electrons. The minimum atomic E-state index is -0.0196. The Hall–Kier alpha value is -8.08. The van der Waals surface area contributed by atoms with Gasteiger partial charge >= 0.3 is 0 Å². The van der Waals surface area contributed by atoms with Gasteiger partial charge in [-0.05, 0) is 105 Å². The highest BCUT2D eigenvalue weighted by Gasteiger charge is 2.26. The van der Waals surface area contributed by atoms with Gasteiger partial charge < -0.3 is 20.5 Å². The van der Waals surface area contributed by atoms with E-state index in [1.165, 1.54) is 38.2 Å². The number of hydrogen-bond donors (Lipinski definition) is 2. The zero-order chi connectivity index (χ0) is 41.6. The summed E-state index contributed by atoms with van der Waals surface area (Å²) < 4.78 is 2.42. The van der Waals surface area contributed by atoms with E-state index in [9.17, 15) is 0 Å². The van der Waals surface area contributed by atoms with Gasteiger partial charge in [0.2, 0.25) is 0 Å². The molecule has 0 radical (unpaired) electrons. The molecule has 1 aliphatic rings. The van der Waals surface area contributed by atoms with E-state index in [1.54, 1.807) is 0 Å². The van der Waals surface area contributed by atoms with Crippen LogP contribution in [0, 0.1) is 0 Å². The number of hydrogen-bond acceptors (Lipinski definition) is 3. The molecule has 0 saturated heterocycles. The molecule has 3 N–H and O–H groups in total. The molecule has 0 spiro atoms. The number of aromatic nitrogens is 1. The number of benzene rings is 9. The summed E-state index contributed by atoms with van der Waals surface area (Å²) in [7, 11) is 0. The standard InChI is InChI=1S/C58H44N4/c1-39-46-24-13-14-26-48(46)51(41-19-7-3-8-20-41)38-61(44-32-29-43(30-33-44)54(35-40-17-5-2-6-18-40)60-53-28-16-15-27-52(53)59)56-37-57-50(36-49(39)56)58-47-25-12-11-21-42(47)31-34-55(58)62(57)45-22-9-4-10-23-45/h2-34,36-38,54,60H,1,35,59H2/b51-38-. The highest BCUT2D eigenvalue weighted by atomic mass is 15.1. The molecule has 4 heteroatoms. The summed E-state index contributed by atoms with van der Waals surface area (Å²) in [4.78, 5) is 2.38. The fourth-order valence-corrected chi connectivity index (χ4v) is 9.36. The number of anilines is 4. The van der Waals surface area contributed by atoms with Crippen molar-refractivity contribution in [3.05, 3.63) is 258 Å². The van der Waals surface area contributed by atoms with Gasteiger partial charge in [0.25, 0.3) is 0 Å². The summed E-state index contributed by atoms with van der Waals surface area (Å²) in [6.45, 7) is 4.91. The smallest absolute Gasteiger partial charge is 0.0578 e. The number of nitrogen functional groups attached to an aromatic ring is 1. The summed E-state index contributed by atoms with van der Waals surface area (Å²) in [5.41, 5.74) is 22.7. The van der Waals surface area contributed by atoms with Crippen LogP contribution in [0.15, 0.2) is 225 Å². The lowest BCUT2D eigenvalue weighted by molar-refractivity contribution is 0.776. The van der Waals surface area contributed by atoms with E-state index in [-0.39, 0.29) is 6.04 Å². The molecule has 1 aromatic heterocycles. The van der Waals surface area contributed by atoms with Gasteiger partial charge in [-0.25, -0.2) is 0 Å². The number of para-hydroxylation sites is 3. The van der Waals surface area contributed by atoms with Crippen molar-refractivity contribution in [1.29, 1.82) is 0 Å². The van der Waals surface area contributed by atoms with Crippen molar-refractivity contribution >= 4 is 66.5 Å². The van der Waals surface area contributed by atoms with Gasteiger partial charge in [-0.2, -0.15) is 0 Å². The van der Waals surface area contributed by atoms with Crippen LogP contribution < -0.4 is 16.0 Å². The molecule has 9 aromatic carbocycles. The molecule has 1 unspecified atom stereocenters. The summed E-state index contributed by atoms with van der Waals surface area (Å²) >= 11 is 0. The molecular formula is C58H44N4. The minimum Gasteiger partial charge on any atom is -0.397 e. The number of nitrogens with two attached hydrogens (primary N) is 1. The lowest BCUT2D eigenvalue weighted by Crippen LogP contribution is -2.17. The summed E-state index contributed by atoms with van der Waals surface area (Å²) in [5, 5.41) is 8.67. The van der Waals surface area contributed by atoms with Crippen LogP contribution in [0.3, 0.4) is 0 Å². The Balaban J connectivity index is 1.16. The normalized spacial score (nSPS) is 13.8. The molecule has 0 saturated carbocycles. The van der Waals surface area contributed by atoms with Gasteiger partial charge in [-0.3, -0.25) is 0 Å². The molecule has 62 heavy (non-hydrogen) atoms. The maximum atomic E-state index is 6.50. The molecule has 2 heterocycles. The minimum absolute atomic E-state index is 0.0196. The molecule has 0 fully saturated rings. The van der Waals surface area contributed by atoms with Crippen molar-refractivity contribution in [2.45, 2.75) is 12.5 Å². The topological polar surface area (TPSA) is 46.2 Å².